The summed E-state index contributed by atoms with van der Waals surface area (Å²) in [7, 11) is 0. The first-order chi connectivity index (χ1) is 11.5. The molecule has 1 amide bonds. The number of aromatic nitrogens is 1. The molecule has 1 fully saturated rings. The minimum atomic E-state index is -1.24. The summed E-state index contributed by atoms with van der Waals surface area (Å²) >= 11 is 0. The van der Waals surface area contributed by atoms with Crippen molar-refractivity contribution in [3.05, 3.63) is 51.8 Å². The van der Waals surface area contributed by atoms with Crippen molar-refractivity contribution in [1.82, 2.24) is 4.98 Å². The number of aromatic amines is 1. The second-order valence-electron chi connectivity index (χ2n) is 5.77. The van der Waals surface area contributed by atoms with E-state index in [1.54, 1.807) is 4.90 Å². The molecular formula is C18H18N2O4. The Balaban J connectivity index is 2.00. The Kier molecular flexibility index (Phi) is 4.20. The third-order valence-electron chi connectivity index (χ3n) is 4.28. The number of amides is 1. The highest BCUT2D eigenvalue weighted by atomic mass is 16.4. The normalized spacial score (nSPS) is 14.2. The Morgan fingerprint density at radius 3 is 2.50 bits per heavy atom. The molecule has 124 valence electrons. The van der Waals surface area contributed by atoms with Gasteiger partial charge in [0.1, 0.15) is 5.56 Å². The molecule has 0 radical (unpaired) electrons. The van der Waals surface area contributed by atoms with Crippen LogP contribution in [0, 0.1) is 0 Å². The largest absolute Gasteiger partial charge is 0.477 e. The molecule has 3 rings (SSSR count). The Morgan fingerprint density at radius 1 is 1.25 bits per heavy atom. The Bertz CT molecular complexity index is 852. The maximum Gasteiger partial charge on any atom is 0.341 e. The molecule has 0 bridgehead atoms. The van der Waals surface area contributed by atoms with Crippen LogP contribution in [0.5, 0.6) is 0 Å². The van der Waals surface area contributed by atoms with E-state index >= 15 is 0 Å². The number of nitrogens with zero attached hydrogens (tertiary/aromatic N) is 1. The van der Waals surface area contributed by atoms with Gasteiger partial charge in [0, 0.05) is 18.7 Å². The van der Waals surface area contributed by atoms with Crippen molar-refractivity contribution in [2.24, 2.45) is 0 Å². The summed E-state index contributed by atoms with van der Waals surface area (Å²) in [5.41, 5.74) is 2.13. The minimum absolute atomic E-state index is 0.121. The molecule has 6 heteroatoms. The number of carboxylic acid groups (broad SMARTS) is 1. The van der Waals surface area contributed by atoms with Crippen molar-refractivity contribution in [1.29, 1.82) is 0 Å². The average Bonchev–Trinajstić information content (AvgIpc) is 3.00. The second-order valence-corrected chi connectivity index (χ2v) is 5.77. The maximum atomic E-state index is 12.0. The predicted octanol–water partition coefficient (Wildman–Crippen LogP) is 2.43. The number of pyridine rings is 1. The van der Waals surface area contributed by atoms with Gasteiger partial charge >= 0.3 is 5.97 Å². The van der Waals surface area contributed by atoms with Crippen LogP contribution in [0.4, 0.5) is 5.69 Å². The second kappa shape index (κ2) is 6.31. The van der Waals surface area contributed by atoms with Crippen LogP contribution < -0.4 is 10.5 Å². The van der Waals surface area contributed by atoms with E-state index in [4.69, 9.17) is 5.11 Å². The van der Waals surface area contributed by atoms with E-state index in [1.807, 2.05) is 31.2 Å². The van der Waals surface area contributed by atoms with Crippen LogP contribution in [-0.4, -0.2) is 28.5 Å². The summed E-state index contributed by atoms with van der Waals surface area (Å²) in [5, 5.41) is 9.07. The van der Waals surface area contributed by atoms with Gasteiger partial charge in [0.15, 0.2) is 0 Å². The third kappa shape index (κ3) is 2.82. The first-order valence-electron chi connectivity index (χ1n) is 7.91. The van der Waals surface area contributed by atoms with Crippen LogP contribution in [0.3, 0.4) is 0 Å². The van der Waals surface area contributed by atoms with Gasteiger partial charge in [0.25, 0.3) is 5.56 Å². The van der Waals surface area contributed by atoms with Crippen molar-refractivity contribution in [3.8, 4) is 11.3 Å². The van der Waals surface area contributed by atoms with Gasteiger partial charge < -0.3 is 15.0 Å². The number of rotatable bonds is 4. The molecule has 6 nitrogen and oxygen atoms in total. The van der Waals surface area contributed by atoms with Crippen molar-refractivity contribution >= 4 is 17.6 Å². The Labute approximate surface area is 138 Å². The molecule has 24 heavy (non-hydrogen) atoms. The smallest absolute Gasteiger partial charge is 0.341 e. The fraction of sp³-hybridized carbons (Fsp3) is 0.278. The van der Waals surface area contributed by atoms with Gasteiger partial charge in [0.05, 0.1) is 5.69 Å². The van der Waals surface area contributed by atoms with Crippen LogP contribution in [0.1, 0.15) is 35.7 Å². The van der Waals surface area contributed by atoms with Gasteiger partial charge in [-0.3, -0.25) is 9.59 Å². The zero-order valence-electron chi connectivity index (χ0n) is 13.3. The van der Waals surface area contributed by atoms with Gasteiger partial charge in [-0.15, -0.1) is 0 Å². The van der Waals surface area contributed by atoms with E-state index in [9.17, 15) is 14.4 Å². The lowest BCUT2D eigenvalue weighted by Crippen LogP contribution is -2.23. The molecule has 0 atom stereocenters. The molecule has 0 spiro atoms. The standard InChI is InChI=1S/C18H18N2O4/c1-2-11-10-14(18(23)24)17(22)19-16(11)12-5-7-13(8-6-12)20-9-3-4-15(20)21/h5-8,10H,2-4,9H2,1H3,(H,19,22)(H,23,24). The van der Waals surface area contributed by atoms with Crippen molar-refractivity contribution < 1.29 is 14.7 Å². The van der Waals surface area contributed by atoms with Crippen LogP contribution >= 0.6 is 0 Å². The topological polar surface area (TPSA) is 90.5 Å². The molecule has 0 saturated carbocycles. The lowest BCUT2D eigenvalue weighted by atomic mass is 10.0. The van der Waals surface area contributed by atoms with Crippen LogP contribution in [0.2, 0.25) is 0 Å². The first kappa shape index (κ1) is 16.0. The van der Waals surface area contributed by atoms with Gasteiger partial charge in [-0.1, -0.05) is 19.1 Å². The van der Waals surface area contributed by atoms with E-state index in [1.165, 1.54) is 6.07 Å². The summed E-state index contributed by atoms with van der Waals surface area (Å²) in [4.78, 5) is 39.3. The predicted molar refractivity (Wildman–Crippen MR) is 90.4 cm³/mol. The highest BCUT2D eigenvalue weighted by molar-refractivity contribution is 5.95. The van der Waals surface area contributed by atoms with Crippen LogP contribution in [-0.2, 0) is 11.2 Å². The number of H-pyrrole nitrogens is 1. The average molecular weight is 326 g/mol. The summed E-state index contributed by atoms with van der Waals surface area (Å²) in [6, 6.07) is 8.80. The Morgan fingerprint density at radius 2 is 1.96 bits per heavy atom. The van der Waals surface area contributed by atoms with E-state index in [-0.39, 0.29) is 11.5 Å². The van der Waals surface area contributed by atoms with Gasteiger partial charge in [-0.2, -0.15) is 0 Å². The minimum Gasteiger partial charge on any atom is -0.477 e. The highest BCUT2D eigenvalue weighted by Crippen LogP contribution is 2.26. The fourth-order valence-electron chi connectivity index (χ4n) is 3.00. The zero-order valence-corrected chi connectivity index (χ0v) is 13.3. The first-order valence-corrected chi connectivity index (χ1v) is 7.91. The molecule has 1 aromatic carbocycles. The van der Waals surface area contributed by atoms with E-state index in [0.29, 0.717) is 18.5 Å². The molecule has 1 aliphatic heterocycles. The number of nitrogens with one attached hydrogen (secondary N) is 1. The van der Waals surface area contributed by atoms with E-state index in [0.717, 1.165) is 29.8 Å². The van der Waals surface area contributed by atoms with Crippen molar-refractivity contribution in [2.75, 3.05) is 11.4 Å². The monoisotopic (exact) mass is 326 g/mol. The molecule has 2 heterocycles. The maximum absolute atomic E-state index is 12.0. The molecular weight excluding hydrogens is 308 g/mol. The Hall–Kier alpha value is -2.89. The molecule has 1 saturated heterocycles. The third-order valence-corrected chi connectivity index (χ3v) is 4.28. The fourth-order valence-corrected chi connectivity index (χ4v) is 3.00. The van der Waals surface area contributed by atoms with E-state index < -0.39 is 11.5 Å². The van der Waals surface area contributed by atoms with E-state index in [2.05, 4.69) is 4.98 Å². The van der Waals surface area contributed by atoms with Gasteiger partial charge in [0.2, 0.25) is 5.91 Å². The van der Waals surface area contributed by atoms with Gasteiger partial charge in [-0.05, 0) is 42.2 Å². The molecule has 1 aliphatic rings. The quantitative estimate of drug-likeness (QED) is 0.903. The number of anilines is 1. The number of aryl methyl sites for hydroxylation is 1. The molecule has 2 aromatic rings. The lowest BCUT2D eigenvalue weighted by molar-refractivity contribution is -0.117. The molecule has 0 unspecified atom stereocenters. The lowest BCUT2D eigenvalue weighted by Gasteiger charge is -2.16. The van der Waals surface area contributed by atoms with Crippen molar-refractivity contribution in [2.45, 2.75) is 26.2 Å². The van der Waals surface area contributed by atoms with Crippen LogP contribution in [0.25, 0.3) is 11.3 Å². The zero-order chi connectivity index (χ0) is 17.3. The number of carbonyl (C=O) groups excluding carboxylic acids is 1. The summed E-state index contributed by atoms with van der Waals surface area (Å²) in [6.07, 6.45) is 2.04. The summed E-state index contributed by atoms with van der Waals surface area (Å²) in [5.74, 6) is -1.11. The van der Waals surface area contributed by atoms with Crippen molar-refractivity contribution in [3.63, 3.8) is 0 Å². The highest BCUT2D eigenvalue weighted by Gasteiger charge is 2.21. The number of aromatic carboxylic acids is 1. The number of hydrogen-bond donors (Lipinski definition) is 2. The van der Waals surface area contributed by atoms with Gasteiger partial charge in [-0.25, -0.2) is 4.79 Å². The number of carboxylic acids is 1. The number of hydrogen-bond acceptors (Lipinski definition) is 3. The summed E-state index contributed by atoms with van der Waals surface area (Å²) < 4.78 is 0. The SMILES string of the molecule is CCc1cc(C(=O)O)c(=O)[nH]c1-c1ccc(N2CCCC2=O)cc1. The van der Waals surface area contributed by atoms with Crippen LogP contribution in [0.15, 0.2) is 35.1 Å². The molecule has 2 N–H and O–H groups in total. The number of benzene rings is 1. The number of carbonyl (C=O) groups is 2. The summed E-state index contributed by atoms with van der Waals surface area (Å²) in [6.45, 7) is 2.63. The molecule has 0 aliphatic carbocycles. The molecule has 1 aromatic heterocycles.